The van der Waals surface area contributed by atoms with Crippen LogP contribution in [0.2, 0.25) is 0 Å². The molecular formula is C26H31BrF3NO7. The van der Waals surface area contributed by atoms with E-state index in [2.05, 4.69) is 15.9 Å². The van der Waals surface area contributed by atoms with E-state index in [9.17, 15) is 27.9 Å². The molecule has 0 saturated heterocycles. The Morgan fingerprint density at radius 3 is 2.21 bits per heavy atom. The summed E-state index contributed by atoms with van der Waals surface area (Å²) < 4.78 is 59.3. The molecular weight excluding hydrogens is 575 g/mol. The van der Waals surface area contributed by atoms with Crippen LogP contribution in [-0.2, 0) is 20.7 Å². The van der Waals surface area contributed by atoms with Gasteiger partial charge < -0.3 is 29.0 Å². The number of nitrogens with zero attached hydrogens (tertiary/aromatic N) is 1. The number of carbonyl (C=O) groups excluding carboxylic acids is 1. The van der Waals surface area contributed by atoms with Crippen molar-refractivity contribution in [2.24, 2.45) is 0 Å². The van der Waals surface area contributed by atoms with Crippen molar-refractivity contribution in [2.75, 3.05) is 39.5 Å². The van der Waals surface area contributed by atoms with Crippen molar-refractivity contribution in [3.05, 3.63) is 58.6 Å². The summed E-state index contributed by atoms with van der Waals surface area (Å²) in [6.45, 7) is 2.31. The first-order chi connectivity index (χ1) is 18.1. The lowest BCUT2D eigenvalue weighted by Gasteiger charge is -2.22. The van der Waals surface area contributed by atoms with E-state index < -0.39 is 30.8 Å². The minimum atomic E-state index is -4.24. The molecule has 0 aliphatic heterocycles. The summed E-state index contributed by atoms with van der Waals surface area (Å²) in [5.41, 5.74) is 0.764. The molecule has 1 atom stereocenters. The first-order valence-electron chi connectivity index (χ1n) is 12.0. The minimum absolute atomic E-state index is 0.0343. The van der Waals surface area contributed by atoms with Crippen LogP contribution in [0.1, 0.15) is 25.3 Å². The molecule has 12 heteroatoms. The predicted molar refractivity (Wildman–Crippen MR) is 137 cm³/mol. The molecule has 0 aliphatic carbocycles. The van der Waals surface area contributed by atoms with Crippen molar-refractivity contribution in [3.8, 4) is 11.5 Å². The van der Waals surface area contributed by atoms with E-state index in [1.165, 1.54) is 4.90 Å². The minimum Gasteiger partial charge on any atom is -0.492 e. The van der Waals surface area contributed by atoms with Crippen LogP contribution in [0.4, 0.5) is 18.0 Å². The molecule has 0 aliphatic rings. The Hall–Kier alpha value is -2.83. The maximum absolute atomic E-state index is 12.7. The lowest BCUT2D eigenvalue weighted by molar-refractivity contribution is -0.150. The summed E-state index contributed by atoms with van der Waals surface area (Å²) in [5, 5.41) is 9.23. The summed E-state index contributed by atoms with van der Waals surface area (Å²) in [6.07, 6.45) is -6.71. The molecule has 1 amide bonds. The van der Waals surface area contributed by atoms with Gasteiger partial charge >= 0.3 is 18.2 Å². The number of alkyl halides is 3. The van der Waals surface area contributed by atoms with E-state index in [1.54, 1.807) is 55.5 Å². The predicted octanol–water partition coefficient (Wildman–Crippen LogP) is 5.72. The summed E-state index contributed by atoms with van der Waals surface area (Å²) in [6, 6.07) is 13.5. The first-order valence-corrected chi connectivity index (χ1v) is 12.8. The molecule has 0 aromatic heterocycles. The maximum Gasteiger partial charge on any atom is 0.415 e. The van der Waals surface area contributed by atoms with E-state index in [1.807, 2.05) is 0 Å². The monoisotopic (exact) mass is 605 g/mol. The summed E-state index contributed by atoms with van der Waals surface area (Å²) in [7, 11) is 0. The summed E-state index contributed by atoms with van der Waals surface area (Å²) in [4.78, 5) is 25.3. The van der Waals surface area contributed by atoms with Gasteiger partial charge in [0, 0.05) is 37.1 Å². The van der Waals surface area contributed by atoms with E-state index in [0.717, 1.165) is 10.0 Å². The molecule has 0 saturated carbocycles. The Kier molecular flexibility index (Phi) is 13.4. The van der Waals surface area contributed by atoms with Crippen molar-refractivity contribution >= 4 is 28.0 Å². The molecule has 0 bridgehead atoms. The molecule has 0 fully saturated rings. The van der Waals surface area contributed by atoms with Gasteiger partial charge in [-0.2, -0.15) is 13.2 Å². The largest absolute Gasteiger partial charge is 0.492 e. The average Bonchev–Trinajstić information content (AvgIpc) is 2.86. The van der Waals surface area contributed by atoms with Crippen molar-refractivity contribution in [3.63, 3.8) is 0 Å². The fourth-order valence-corrected chi connectivity index (χ4v) is 3.51. The number of carbonyl (C=O) groups is 2. The van der Waals surface area contributed by atoms with Gasteiger partial charge in [0.25, 0.3) is 0 Å². The van der Waals surface area contributed by atoms with Gasteiger partial charge in [-0.15, -0.1) is 0 Å². The van der Waals surface area contributed by atoms with E-state index >= 15 is 0 Å². The number of carboxylic acid groups (broad SMARTS) is 1. The number of aliphatic carboxylic acids is 1. The quantitative estimate of drug-likeness (QED) is 0.245. The normalized spacial score (nSPS) is 12.1. The van der Waals surface area contributed by atoms with Crippen LogP contribution < -0.4 is 9.47 Å². The molecule has 1 unspecified atom stereocenters. The van der Waals surface area contributed by atoms with Gasteiger partial charge in [-0.05, 0) is 55.3 Å². The number of hydrogen-bond acceptors (Lipinski definition) is 6. The van der Waals surface area contributed by atoms with Crippen LogP contribution in [0.5, 0.6) is 11.5 Å². The van der Waals surface area contributed by atoms with Gasteiger partial charge in [0.05, 0.1) is 13.2 Å². The van der Waals surface area contributed by atoms with Gasteiger partial charge in [0.2, 0.25) is 0 Å². The number of amides is 1. The smallest absolute Gasteiger partial charge is 0.415 e. The fraction of sp³-hybridized carbons (Fsp3) is 0.462. The SMILES string of the molecule is CCOC(Cc1ccc(OCCN(CCOCCCC(F)(F)F)C(=O)Oc2ccc(Br)cc2)cc1)C(=O)O. The Morgan fingerprint density at radius 2 is 1.61 bits per heavy atom. The second kappa shape index (κ2) is 16.2. The number of ether oxygens (including phenoxy) is 4. The van der Waals surface area contributed by atoms with Crippen LogP contribution in [0.3, 0.4) is 0 Å². The first kappa shape index (κ1) is 31.4. The third-order valence-electron chi connectivity index (χ3n) is 5.15. The molecule has 0 radical (unpaired) electrons. The molecule has 1 N–H and O–H groups in total. The Morgan fingerprint density at radius 1 is 0.974 bits per heavy atom. The molecule has 2 aromatic carbocycles. The van der Waals surface area contributed by atoms with Crippen LogP contribution in [0, 0.1) is 0 Å². The number of hydrogen-bond donors (Lipinski definition) is 1. The Bertz CT molecular complexity index is 988. The molecule has 38 heavy (non-hydrogen) atoms. The van der Waals surface area contributed by atoms with Gasteiger partial charge in [-0.1, -0.05) is 28.1 Å². The van der Waals surface area contributed by atoms with E-state index in [0.29, 0.717) is 11.5 Å². The topological polar surface area (TPSA) is 94.5 Å². The lowest BCUT2D eigenvalue weighted by Crippen LogP contribution is -2.39. The zero-order valence-electron chi connectivity index (χ0n) is 20.9. The van der Waals surface area contributed by atoms with Crippen molar-refractivity contribution in [2.45, 2.75) is 38.5 Å². The molecule has 2 rings (SSSR count). The zero-order chi connectivity index (χ0) is 28.0. The third kappa shape index (κ3) is 12.6. The molecule has 210 valence electrons. The standard InChI is InChI=1S/C26H31BrF3NO7/c1-2-36-23(24(32)33)18-19-4-8-21(9-5-19)37-17-14-31(13-16-35-15-3-12-26(28,29)30)25(34)38-22-10-6-20(27)7-11-22/h4-11,23H,2-3,12-18H2,1H3,(H,32,33). The Labute approximate surface area is 227 Å². The van der Waals surface area contributed by atoms with Gasteiger partial charge in [0.15, 0.2) is 6.10 Å². The second-order valence-electron chi connectivity index (χ2n) is 8.12. The summed E-state index contributed by atoms with van der Waals surface area (Å²) >= 11 is 3.31. The maximum atomic E-state index is 12.7. The number of carboxylic acids is 1. The van der Waals surface area contributed by atoms with Crippen molar-refractivity contribution in [1.82, 2.24) is 4.90 Å². The second-order valence-corrected chi connectivity index (χ2v) is 9.03. The van der Waals surface area contributed by atoms with Crippen LogP contribution in [0.25, 0.3) is 0 Å². The summed E-state index contributed by atoms with van der Waals surface area (Å²) in [5.74, 6) is -0.189. The number of benzene rings is 2. The van der Waals surface area contributed by atoms with Crippen molar-refractivity contribution in [1.29, 1.82) is 0 Å². The van der Waals surface area contributed by atoms with E-state index in [-0.39, 0.29) is 52.4 Å². The highest BCUT2D eigenvalue weighted by Crippen LogP contribution is 2.21. The average molecular weight is 606 g/mol. The van der Waals surface area contributed by atoms with Gasteiger partial charge in [0.1, 0.15) is 18.1 Å². The van der Waals surface area contributed by atoms with Crippen LogP contribution >= 0.6 is 15.9 Å². The Balaban J connectivity index is 1.89. The van der Waals surface area contributed by atoms with Crippen LogP contribution in [0.15, 0.2) is 53.0 Å². The molecule has 0 spiro atoms. The number of halogens is 4. The molecule has 2 aromatic rings. The highest BCUT2D eigenvalue weighted by Gasteiger charge is 2.26. The number of rotatable bonds is 16. The molecule has 8 nitrogen and oxygen atoms in total. The van der Waals surface area contributed by atoms with Gasteiger partial charge in [-0.25, -0.2) is 9.59 Å². The van der Waals surface area contributed by atoms with Crippen molar-refractivity contribution < 1.29 is 46.8 Å². The lowest BCUT2D eigenvalue weighted by atomic mass is 10.1. The van der Waals surface area contributed by atoms with Gasteiger partial charge in [-0.3, -0.25) is 0 Å². The zero-order valence-corrected chi connectivity index (χ0v) is 22.5. The fourth-order valence-electron chi connectivity index (χ4n) is 3.24. The highest BCUT2D eigenvalue weighted by atomic mass is 79.9. The van der Waals surface area contributed by atoms with Crippen LogP contribution in [-0.4, -0.2) is 73.9 Å². The van der Waals surface area contributed by atoms with E-state index in [4.69, 9.17) is 18.9 Å². The third-order valence-corrected chi connectivity index (χ3v) is 5.68. The highest BCUT2D eigenvalue weighted by molar-refractivity contribution is 9.10. The molecule has 0 heterocycles.